The Bertz CT molecular complexity index is 683. The van der Waals surface area contributed by atoms with E-state index in [1.807, 2.05) is 0 Å². The van der Waals surface area contributed by atoms with Crippen LogP contribution in [0.1, 0.15) is 17.2 Å². The number of carbonyl (C=O) groups excluding carboxylic acids is 1. The monoisotopic (exact) mass is 368 g/mol. The van der Waals surface area contributed by atoms with Crippen molar-refractivity contribution >= 4 is 28.0 Å². The first-order chi connectivity index (χ1) is 10.4. The fraction of sp³-hybridized carbons (Fsp3) is 0.214. The first-order valence-electron chi connectivity index (χ1n) is 6.24. The van der Waals surface area contributed by atoms with E-state index < -0.39 is 17.6 Å². The lowest BCUT2D eigenvalue weighted by Crippen LogP contribution is -2.42. The first kappa shape index (κ1) is 16.5. The zero-order valence-electron chi connectivity index (χ0n) is 11.7. The summed E-state index contributed by atoms with van der Waals surface area (Å²) in [5.41, 5.74) is 11.2. The number of nitrogens with two attached hydrogens (primary N) is 2. The van der Waals surface area contributed by atoms with Crippen LogP contribution in [0.4, 0.5) is 10.2 Å². The van der Waals surface area contributed by atoms with Gasteiger partial charge in [0, 0.05) is 35.1 Å². The summed E-state index contributed by atoms with van der Waals surface area (Å²) < 4.78 is 19.0. The van der Waals surface area contributed by atoms with Gasteiger partial charge in [0.25, 0.3) is 0 Å². The zero-order valence-corrected chi connectivity index (χ0v) is 13.2. The molecule has 0 aromatic carbocycles. The molecule has 2 atom stereocenters. The van der Waals surface area contributed by atoms with Crippen LogP contribution in [0.5, 0.6) is 0 Å². The number of hydrogen-bond donors (Lipinski definition) is 2. The Morgan fingerprint density at radius 2 is 2.14 bits per heavy atom. The summed E-state index contributed by atoms with van der Waals surface area (Å²) in [6, 6.07) is 3.22. The Morgan fingerprint density at radius 3 is 2.68 bits per heavy atom. The van der Waals surface area contributed by atoms with Crippen LogP contribution in [-0.2, 0) is 15.1 Å². The SMILES string of the molecule is COC(C=O)(c1ccc(F)nc1)C(N)c1cc(Br)cnc1N. The predicted octanol–water partition coefficient (Wildman–Crippen LogP) is 1.70. The second-order valence-electron chi connectivity index (χ2n) is 4.59. The van der Waals surface area contributed by atoms with Crippen molar-refractivity contribution in [3.05, 3.63) is 52.1 Å². The molecule has 8 heteroatoms. The maximum Gasteiger partial charge on any atom is 0.212 e. The van der Waals surface area contributed by atoms with Gasteiger partial charge in [-0.3, -0.25) is 4.79 Å². The molecule has 0 radical (unpaired) electrons. The number of ether oxygens (including phenoxy) is 1. The van der Waals surface area contributed by atoms with Gasteiger partial charge in [0.15, 0.2) is 11.9 Å². The highest BCUT2D eigenvalue weighted by Gasteiger charge is 2.41. The standard InChI is InChI=1S/C14H14BrFN4O2/c1-22-14(7-21,8-2-3-11(16)19-5-8)12(17)10-4-9(15)6-20-13(10)18/h2-7,12H,17H2,1H3,(H2,18,20). The van der Waals surface area contributed by atoms with E-state index in [2.05, 4.69) is 25.9 Å². The number of nitrogens with zero attached hydrogens (tertiary/aromatic N) is 2. The molecule has 0 fully saturated rings. The van der Waals surface area contributed by atoms with Gasteiger partial charge in [0.05, 0.1) is 6.04 Å². The summed E-state index contributed by atoms with van der Waals surface area (Å²) in [6.07, 6.45) is 3.27. The molecule has 2 rings (SSSR count). The molecular weight excluding hydrogens is 355 g/mol. The van der Waals surface area contributed by atoms with Crippen molar-refractivity contribution in [3.8, 4) is 0 Å². The van der Waals surface area contributed by atoms with Gasteiger partial charge in [-0.2, -0.15) is 4.39 Å². The largest absolute Gasteiger partial charge is 0.383 e. The lowest BCUT2D eigenvalue weighted by molar-refractivity contribution is -0.132. The topological polar surface area (TPSA) is 104 Å². The zero-order chi connectivity index (χ0) is 16.3. The Morgan fingerprint density at radius 1 is 1.41 bits per heavy atom. The van der Waals surface area contributed by atoms with Gasteiger partial charge in [0.1, 0.15) is 5.82 Å². The van der Waals surface area contributed by atoms with Gasteiger partial charge in [-0.15, -0.1) is 0 Å². The summed E-state index contributed by atoms with van der Waals surface area (Å²) in [7, 11) is 1.33. The molecule has 22 heavy (non-hydrogen) atoms. The molecule has 6 nitrogen and oxygen atoms in total. The molecular formula is C14H14BrFN4O2. The Kier molecular flexibility index (Phi) is 4.84. The lowest BCUT2D eigenvalue weighted by Gasteiger charge is -2.33. The van der Waals surface area contributed by atoms with Crippen LogP contribution in [-0.4, -0.2) is 23.4 Å². The highest BCUT2D eigenvalue weighted by Crippen LogP contribution is 2.37. The molecule has 2 aromatic rings. The third-order valence-electron chi connectivity index (χ3n) is 3.40. The minimum Gasteiger partial charge on any atom is -0.383 e. The van der Waals surface area contributed by atoms with Crippen molar-refractivity contribution in [2.45, 2.75) is 11.6 Å². The molecule has 4 N–H and O–H groups in total. The van der Waals surface area contributed by atoms with Gasteiger partial charge in [0.2, 0.25) is 5.95 Å². The Balaban J connectivity index is 2.57. The van der Waals surface area contributed by atoms with Gasteiger partial charge < -0.3 is 16.2 Å². The summed E-state index contributed by atoms with van der Waals surface area (Å²) >= 11 is 3.28. The number of methoxy groups -OCH3 is 1. The number of aldehydes is 1. The molecule has 2 heterocycles. The van der Waals surface area contributed by atoms with Crippen LogP contribution in [0.2, 0.25) is 0 Å². The smallest absolute Gasteiger partial charge is 0.212 e. The van der Waals surface area contributed by atoms with E-state index in [9.17, 15) is 9.18 Å². The second kappa shape index (κ2) is 6.47. The summed E-state index contributed by atoms with van der Waals surface area (Å²) in [4.78, 5) is 19.3. The summed E-state index contributed by atoms with van der Waals surface area (Å²) in [5, 5.41) is 0. The van der Waals surface area contributed by atoms with Crippen molar-refractivity contribution in [2.75, 3.05) is 12.8 Å². The molecule has 0 bridgehead atoms. The van der Waals surface area contributed by atoms with Crippen molar-refractivity contribution in [3.63, 3.8) is 0 Å². The molecule has 0 aliphatic rings. The molecule has 2 aromatic heterocycles. The molecule has 0 aliphatic heterocycles. The quantitative estimate of drug-likeness (QED) is 0.614. The van der Waals surface area contributed by atoms with Crippen molar-refractivity contribution in [1.82, 2.24) is 9.97 Å². The minimum atomic E-state index is -1.56. The maximum absolute atomic E-state index is 13.0. The van der Waals surface area contributed by atoms with E-state index in [0.717, 1.165) is 6.07 Å². The number of rotatable bonds is 5. The minimum absolute atomic E-state index is 0.175. The number of hydrogen-bond acceptors (Lipinski definition) is 6. The molecule has 0 saturated heterocycles. The number of aromatic nitrogens is 2. The average Bonchev–Trinajstić information content (AvgIpc) is 2.53. The van der Waals surface area contributed by atoms with Crippen LogP contribution >= 0.6 is 15.9 Å². The van der Waals surface area contributed by atoms with E-state index >= 15 is 0 Å². The fourth-order valence-corrected chi connectivity index (χ4v) is 2.52. The molecule has 0 spiro atoms. The third kappa shape index (κ3) is 2.85. The van der Waals surface area contributed by atoms with E-state index in [1.165, 1.54) is 25.6 Å². The lowest BCUT2D eigenvalue weighted by atomic mass is 9.84. The van der Waals surface area contributed by atoms with E-state index in [0.29, 0.717) is 21.9 Å². The van der Waals surface area contributed by atoms with Crippen molar-refractivity contribution in [1.29, 1.82) is 0 Å². The average molecular weight is 369 g/mol. The summed E-state index contributed by atoms with van der Waals surface area (Å²) in [5.74, 6) is -0.495. The predicted molar refractivity (Wildman–Crippen MR) is 82.2 cm³/mol. The summed E-state index contributed by atoms with van der Waals surface area (Å²) in [6.45, 7) is 0. The van der Waals surface area contributed by atoms with Crippen LogP contribution < -0.4 is 11.5 Å². The Hall–Kier alpha value is -1.90. The third-order valence-corrected chi connectivity index (χ3v) is 3.84. The molecule has 0 saturated carbocycles. The molecule has 2 unspecified atom stereocenters. The molecule has 116 valence electrons. The second-order valence-corrected chi connectivity index (χ2v) is 5.51. The van der Waals surface area contributed by atoms with Crippen LogP contribution in [0, 0.1) is 5.95 Å². The number of anilines is 1. The van der Waals surface area contributed by atoms with Gasteiger partial charge in [-0.25, -0.2) is 9.97 Å². The van der Waals surface area contributed by atoms with Crippen LogP contribution in [0.15, 0.2) is 35.1 Å². The van der Waals surface area contributed by atoms with E-state index in [1.54, 1.807) is 6.07 Å². The molecule has 0 amide bonds. The normalized spacial score (nSPS) is 15.1. The van der Waals surface area contributed by atoms with Crippen LogP contribution in [0.25, 0.3) is 0 Å². The van der Waals surface area contributed by atoms with Crippen molar-refractivity contribution < 1.29 is 13.9 Å². The van der Waals surface area contributed by atoms with Gasteiger partial charge in [-0.1, -0.05) is 0 Å². The van der Waals surface area contributed by atoms with E-state index in [4.69, 9.17) is 16.2 Å². The number of pyridine rings is 2. The van der Waals surface area contributed by atoms with Crippen LogP contribution in [0.3, 0.4) is 0 Å². The number of carbonyl (C=O) groups is 1. The van der Waals surface area contributed by atoms with Gasteiger partial charge in [-0.05, 0) is 34.1 Å². The highest BCUT2D eigenvalue weighted by molar-refractivity contribution is 9.10. The number of nitrogen functional groups attached to an aromatic ring is 1. The molecule has 0 aliphatic carbocycles. The highest BCUT2D eigenvalue weighted by atomic mass is 79.9. The fourth-order valence-electron chi connectivity index (χ4n) is 2.17. The van der Waals surface area contributed by atoms with E-state index in [-0.39, 0.29) is 5.82 Å². The number of halogens is 2. The van der Waals surface area contributed by atoms with Gasteiger partial charge >= 0.3 is 0 Å². The van der Waals surface area contributed by atoms with Crippen molar-refractivity contribution in [2.24, 2.45) is 5.73 Å². The maximum atomic E-state index is 13.0. The Labute approximate surface area is 134 Å². The first-order valence-corrected chi connectivity index (χ1v) is 7.04.